The molecule has 0 radical (unpaired) electrons. The topological polar surface area (TPSA) is 65.5 Å². The first-order valence-corrected chi connectivity index (χ1v) is 11.1. The molecule has 0 saturated carbocycles. The number of anilines is 1. The summed E-state index contributed by atoms with van der Waals surface area (Å²) in [5.41, 5.74) is 1.04. The van der Waals surface area contributed by atoms with Gasteiger partial charge in [0.2, 0.25) is 11.8 Å². The van der Waals surface area contributed by atoms with Crippen LogP contribution in [0.4, 0.5) is 5.13 Å². The third-order valence-electron chi connectivity index (χ3n) is 5.58. The Morgan fingerprint density at radius 3 is 2.67 bits per heavy atom. The molecule has 27 heavy (non-hydrogen) atoms. The summed E-state index contributed by atoms with van der Waals surface area (Å²) in [6.45, 7) is 10.6. The van der Waals surface area contributed by atoms with Crippen LogP contribution in [0.3, 0.4) is 0 Å². The maximum Gasteiger partial charge on any atom is 0.229 e. The molecular weight excluding hydrogens is 360 g/mol. The van der Waals surface area contributed by atoms with Gasteiger partial charge < -0.3 is 10.2 Å². The van der Waals surface area contributed by atoms with Gasteiger partial charge in [-0.2, -0.15) is 0 Å². The number of hydrogen-bond donors (Lipinski definition) is 1. The Balaban J connectivity index is 1.46. The zero-order chi connectivity index (χ0) is 19.4. The van der Waals surface area contributed by atoms with E-state index in [0.29, 0.717) is 18.2 Å². The molecule has 1 aromatic heterocycles. The third kappa shape index (κ3) is 5.51. The number of nitrogens with one attached hydrogen (secondary N) is 1. The molecule has 7 heteroatoms. The number of rotatable bonds is 5. The number of hydrogen-bond acceptors (Lipinski definition) is 5. The van der Waals surface area contributed by atoms with Crippen molar-refractivity contribution in [3.8, 4) is 0 Å². The fraction of sp³-hybridized carbons (Fsp3) is 0.750. The van der Waals surface area contributed by atoms with Crippen LogP contribution in [0.15, 0.2) is 5.38 Å². The predicted molar refractivity (Wildman–Crippen MR) is 109 cm³/mol. The molecule has 1 unspecified atom stereocenters. The van der Waals surface area contributed by atoms with Crippen molar-refractivity contribution in [1.82, 2.24) is 14.8 Å². The smallest absolute Gasteiger partial charge is 0.229 e. The Morgan fingerprint density at radius 2 is 2.00 bits per heavy atom. The van der Waals surface area contributed by atoms with Crippen LogP contribution < -0.4 is 5.32 Å². The minimum Gasteiger partial charge on any atom is -0.342 e. The van der Waals surface area contributed by atoms with E-state index in [2.05, 4.69) is 27.5 Å². The number of amides is 2. The number of nitrogens with zero attached hydrogens (tertiary/aromatic N) is 3. The second-order valence-corrected chi connectivity index (χ2v) is 9.23. The molecule has 0 aromatic carbocycles. The van der Waals surface area contributed by atoms with E-state index in [1.165, 1.54) is 24.2 Å². The maximum absolute atomic E-state index is 12.6. The normalized spacial score (nSPS) is 22.2. The average Bonchev–Trinajstić information content (AvgIpc) is 3.08. The lowest BCUT2D eigenvalue weighted by molar-refractivity contribution is -0.137. The lowest BCUT2D eigenvalue weighted by Crippen LogP contribution is -2.43. The van der Waals surface area contributed by atoms with Gasteiger partial charge in [-0.25, -0.2) is 4.98 Å². The molecule has 2 saturated heterocycles. The SMILES string of the molecule is CC1CCCN(Cc2csc(NC(=O)C3CCN(C(=O)C(C)C)CC3)n2)C1. The Bertz CT molecular complexity index is 652. The lowest BCUT2D eigenvalue weighted by Gasteiger charge is -2.32. The van der Waals surface area contributed by atoms with E-state index in [9.17, 15) is 9.59 Å². The Morgan fingerprint density at radius 1 is 1.26 bits per heavy atom. The molecule has 0 bridgehead atoms. The van der Waals surface area contributed by atoms with Crippen molar-refractivity contribution in [2.75, 3.05) is 31.5 Å². The van der Waals surface area contributed by atoms with Gasteiger partial charge in [-0.05, 0) is 38.1 Å². The second-order valence-electron chi connectivity index (χ2n) is 8.37. The summed E-state index contributed by atoms with van der Waals surface area (Å²) in [6.07, 6.45) is 4.03. The van der Waals surface area contributed by atoms with Crippen molar-refractivity contribution in [1.29, 1.82) is 0 Å². The van der Waals surface area contributed by atoms with E-state index in [0.717, 1.165) is 44.1 Å². The van der Waals surface area contributed by atoms with Crippen LogP contribution in [-0.4, -0.2) is 52.8 Å². The number of piperidine rings is 2. The van der Waals surface area contributed by atoms with Crippen LogP contribution >= 0.6 is 11.3 Å². The van der Waals surface area contributed by atoms with Gasteiger partial charge in [-0.3, -0.25) is 14.5 Å². The van der Waals surface area contributed by atoms with E-state index in [1.807, 2.05) is 18.7 Å². The number of likely N-dealkylation sites (tertiary alicyclic amines) is 2. The van der Waals surface area contributed by atoms with Gasteiger partial charge in [0, 0.05) is 43.4 Å². The third-order valence-corrected chi connectivity index (χ3v) is 6.39. The Hall–Kier alpha value is -1.47. The number of thiazole rings is 1. The molecule has 3 heterocycles. The first-order chi connectivity index (χ1) is 12.9. The van der Waals surface area contributed by atoms with Crippen molar-refractivity contribution >= 4 is 28.3 Å². The van der Waals surface area contributed by atoms with Gasteiger partial charge in [-0.15, -0.1) is 11.3 Å². The molecule has 6 nitrogen and oxygen atoms in total. The van der Waals surface area contributed by atoms with Gasteiger partial charge >= 0.3 is 0 Å². The largest absolute Gasteiger partial charge is 0.342 e. The summed E-state index contributed by atoms with van der Waals surface area (Å²) in [7, 11) is 0. The van der Waals surface area contributed by atoms with Crippen LogP contribution in [0.25, 0.3) is 0 Å². The zero-order valence-corrected chi connectivity index (χ0v) is 17.6. The summed E-state index contributed by atoms with van der Waals surface area (Å²) in [4.78, 5) is 33.6. The summed E-state index contributed by atoms with van der Waals surface area (Å²) >= 11 is 1.51. The number of aromatic nitrogens is 1. The van der Waals surface area contributed by atoms with Gasteiger partial charge in [0.25, 0.3) is 0 Å². The summed E-state index contributed by atoms with van der Waals surface area (Å²) in [5, 5.41) is 5.74. The highest BCUT2D eigenvalue weighted by Crippen LogP contribution is 2.24. The van der Waals surface area contributed by atoms with E-state index in [4.69, 9.17) is 0 Å². The van der Waals surface area contributed by atoms with Crippen molar-refractivity contribution in [2.45, 2.75) is 53.0 Å². The molecular formula is C20H32N4O2S. The molecule has 2 aliphatic rings. The second kappa shape index (κ2) is 9.15. The molecule has 2 aliphatic heterocycles. The van der Waals surface area contributed by atoms with Crippen molar-refractivity contribution in [3.63, 3.8) is 0 Å². The number of carbonyl (C=O) groups is 2. The van der Waals surface area contributed by atoms with Gasteiger partial charge in [-0.1, -0.05) is 20.8 Å². The fourth-order valence-corrected chi connectivity index (χ4v) is 4.74. The minimum absolute atomic E-state index is 0.0204. The van der Waals surface area contributed by atoms with Crippen LogP contribution in [0.2, 0.25) is 0 Å². The highest BCUT2D eigenvalue weighted by atomic mass is 32.1. The number of carbonyl (C=O) groups excluding carboxylic acids is 2. The van der Waals surface area contributed by atoms with Gasteiger partial charge in [0.1, 0.15) is 0 Å². The minimum atomic E-state index is -0.0310. The molecule has 0 aliphatic carbocycles. The predicted octanol–water partition coefficient (Wildman–Crippen LogP) is 3.21. The fourth-order valence-electron chi connectivity index (χ4n) is 4.03. The van der Waals surface area contributed by atoms with Crippen LogP contribution in [0.5, 0.6) is 0 Å². The van der Waals surface area contributed by atoms with Crippen LogP contribution in [0, 0.1) is 17.8 Å². The molecule has 2 amide bonds. The molecule has 150 valence electrons. The standard InChI is InChI=1S/C20H32N4O2S/c1-14(2)19(26)24-9-6-16(7-10-24)18(25)22-20-21-17(13-27-20)12-23-8-4-5-15(3)11-23/h13-16H,4-12H2,1-3H3,(H,21,22,25). The summed E-state index contributed by atoms with van der Waals surface area (Å²) in [5.74, 6) is 0.970. The molecule has 1 atom stereocenters. The average molecular weight is 393 g/mol. The van der Waals surface area contributed by atoms with E-state index >= 15 is 0 Å². The zero-order valence-electron chi connectivity index (χ0n) is 16.7. The molecule has 1 aromatic rings. The van der Waals surface area contributed by atoms with Crippen LogP contribution in [0.1, 0.15) is 52.1 Å². The molecule has 1 N–H and O–H groups in total. The highest BCUT2D eigenvalue weighted by molar-refractivity contribution is 7.13. The first kappa shape index (κ1) is 20.3. The van der Waals surface area contributed by atoms with E-state index < -0.39 is 0 Å². The van der Waals surface area contributed by atoms with Gasteiger partial charge in [0.15, 0.2) is 5.13 Å². The van der Waals surface area contributed by atoms with Crippen LogP contribution in [-0.2, 0) is 16.1 Å². The quantitative estimate of drug-likeness (QED) is 0.836. The van der Waals surface area contributed by atoms with Crippen molar-refractivity contribution in [3.05, 3.63) is 11.1 Å². The van der Waals surface area contributed by atoms with E-state index in [1.54, 1.807) is 0 Å². The van der Waals surface area contributed by atoms with Gasteiger partial charge in [0.05, 0.1) is 5.69 Å². The Labute approximate surface area is 166 Å². The molecule has 0 spiro atoms. The van der Waals surface area contributed by atoms with E-state index in [-0.39, 0.29) is 23.7 Å². The Kier molecular flexibility index (Phi) is 6.87. The first-order valence-electron chi connectivity index (χ1n) is 10.2. The summed E-state index contributed by atoms with van der Waals surface area (Å²) in [6, 6.07) is 0. The monoisotopic (exact) mass is 392 g/mol. The van der Waals surface area contributed by atoms with Crippen molar-refractivity contribution < 1.29 is 9.59 Å². The molecule has 3 rings (SSSR count). The maximum atomic E-state index is 12.6. The highest BCUT2D eigenvalue weighted by Gasteiger charge is 2.28. The van der Waals surface area contributed by atoms with Crippen molar-refractivity contribution in [2.24, 2.45) is 17.8 Å². The summed E-state index contributed by atoms with van der Waals surface area (Å²) < 4.78 is 0. The lowest BCUT2D eigenvalue weighted by atomic mass is 9.95. The molecule has 2 fully saturated rings.